The predicted octanol–water partition coefficient (Wildman–Crippen LogP) is 4.74. The van der Waals surface area contributed by atoms with Crippen LogP contribution in [0, 0.1) is 0 Å². The summed E-state index contributed by atoms with van der Waals surface area (Å²) in [4.78, 5) is 11.2. The van der Waals surface area contributed by atoms with Crippen LogP contribution in [0.3, 0.4) is 0 Å². The number of carbonyl (C=O) groups is 1. The van der Waals surface area contributed by atoms with Crippen molar-refractivity contribution in [3.63, 3.8) is 0 Å². The summed E-state index contributed by atoms with van der Waals surface area (Å²) in [5.41, 5.74) is 0. The minimum atomic E-state index is -3.38. The molecular formula is C13H23F2IO2. The number of ether oxygens (including phenoxy) is 1. The molecule has 5 heteroatoms. The van der Waals surface area contributed by atoms with E-state index < -0.39 is 21.7 Å². The van der Waals surface area contributed by atoms with Crippen molar-refractivity contribution in [2.24, 2.45) is 0 Å². The standard InChI is InChI=1S/C13H23F2IO2/c1-4-7-8-9-12(16,5-2)10-13(14,15)11(17)18-6-3/h4-10H2,1-3H3. The maximum atomic E-state index is 13.7. The Kier molecular flexibility index (Phi) is 8.30. The van der Waals surface area contributed by atoms with Gasteiger partial charge in [-0.05, 0) is 19.8 Å². The molecule has 0 aromatic rings. The van der Waals surface area contributed by atoms with Crippen molar-refractivity contribution >= 4 is 28.6 Å². The monoisotopic (exact) mass is 376 g/mol. The summed E-state index contributed by atoms with van der Waals surface area (Å²) in [7, 11) is 0. The van der Waals surface area contributed by atoms with Crippen molar-refractivity contribution < 1.29 is 18.3 Å². The fourth-order valence-electron chi connectivity index (χ4n) is 1.79. The second-order valence-corrected chi connectivity index (χ2v) is 6.85. The summed E-state index contributed by atoms with van der Waals surface area (Å²) in [5, 5.41) is 0. The third-order valence-electron chi connectivity index (χ3n) is 2.97. The van der Waals surface area contributed by atoms with Crippen molar-refractivity contribution in [1.82, 2.24) is 0 Å². The highest BCUT2D eigenvalue weighted by molar-refractivity contribution is 14.1. The van der Waals surface area contributed by atoms with Gasteiger partial charge < -0.3 is 4.74 Å². The van der Waals surface area contributed by atoms with Crippen molar-refractivity contribution in [3.05, 3.63) is 0 Å². The van der Waals surface area contributed by atoms with E-state index in [1.807, 2.05) is 6.92 Å². The molecule has 0 rings (SSSR count). The number of hydrogen-bond acceptors (Lipinski definition) is 2. The van der Waals surface area contributed by atoms with Gasteiger partial charge >= 0.3 is 11.9 Å². The third kappa shape index (κ3) is 6.29. The van der Waals surface area contributed by atoms with Crippen molar-refractivity contribution in [2.45, 2.75) is 68.6 Å². The number of carbonyl (C=O) groups excluding carboxylic acids is 1. The lowest BCUT2D eigenvalue weighted by atomic mass is 9.92. The maximum absolute atomic E-state index is 13.7. The number of unbranched alkanes of at least 4 members (excludes halogenated alkanes) is 2. The quantitative estimate of drug-likeness (QED) is 0.252. The first kappa shape index (κ1) is 18.1. The maximum Gasteiger partial charge on any atom is 0.377 e. The summed E-state index contributed by atoms with van der Waals surface area (Å²) < 4.78 is 31.3. The lowest BCUT2D eigenvalue weighted by Gasteiger charge is -2.29. The molecule has 0 heterocycles. The molecule has 0 aromatic carbocycles. The van der Waals surface area contributed by atoms with E-state index in [0.29, 0.717) is 12.8 Å². The molecule has 0 aromatic heterocycles. The zero-order valence-electron chi connectivity index (χ0n) is 11.4. The molecule has 0 N–H and O–H groups in total. The second-order valence-electron chi connectivity index (χ2n) is 4.56. The molecule has 0 radical (unpaired) electrons. The minimum Gasteiger partial charge on any atom is -0.462 e. The van der Waals surface area contributed by atoms with Gasteiger partial charge in [-0.2, -0.15) is 8.78 Å². The average molecular weight is 376 g/mol. The Hall–Kier alpha value is 0.0600. The number of alkyl halides is 3. The summed E-state index contributed by atoms with van der Waals surface area (Å²) >= 11 is 2.08. The topological polar surface area (TPSA) is 26.3 Å². The van der Waals surface area contributed by atoms with Gasteiger partial charge in [0, 0.05) is 9.84 Å². The molecule has 0 amide bonds. The zero-order valence-corrected chi connectivity index (χ0v) is 13.6. The van der Waals surface area contributed by atoms with E-state index in [1.54, 1.807) is 0 Å². The van der Waals surface area contributed by atoms with Crippen LogP contribution >= 0.6 is 22.6 Å². The van der Waals surface area contributed by atoms with Gasteiger partial charge in [0.15, 0.2) is 0 Å². The Bertz CT molecular complexity index is 259. The minimum absolute atomic E-state index is 0.00930. The Balaban J connectivity index is 4.52. The summed E-state index contributed by atoms with van der Waals surface area (Å²) in [6.45, 7) is 5.49. The Labute approximate surface area is 122 Å². The Morgan fingerprint density at radius 2 is 1.83 bits per heavy atom. The Morgan fingerprint density at radius 1 is 1.22 bits per heavy atom. The second kappa shape index (κ2) is 8.27. The molecule has 0 spiro atoms. The van der Waals surface area contributed by atoms with Gasteiger partial charge in [-0.15, -0.1) is 0 Å². The van der Waals surface area contributed by atoms with Gasteiger partial charge in [0.1, 0.15) is 0 Å². The van der Waals surface area contributed by atoms with E-state index in [-0.39, 0.29) is 6.61 Å². The molecule has 0 aliphatic carbocycles. The van der Waals surface area contributed by atoms with Crippen LogP contribution < -0.4 is 0 Å². The molecular weight excluding hydrogens is 353 g/mol. The molecule has 0 aliphatic rings. The number of hydrogen-bond donors (Lipinski definition) is 0. The molecule has 0 fully saturated rings. The molecule has 0 bridgehead atoms. The first-order chi connectivity index (χ1) is 8.31. The van der Waals surface area contributed by atoms with E-state index in [2.05, 4.69) is 34.3 Å². The highest BCUT2D eigenvalue weighted by atomic mass is 127. The summed E-state index contributed by atoms with van der Waals surface area (Å²) in [6.07, 6.45) is 3.94. The van der Waals surface area contributed by atoms with E-state index in [1.165, 1.54) is 6.92 Å². The molecule has 2 nitrogen and oxygen atoms in total. The Morgan fingerprint density at radius 3 is 2.28 bits per heavy atom. The smallest absolute Gasteiger partial charge is 0.377 e. The highest BCUT2D eigenvalue weighted by Crippen LogP contribution is 2.40. The third-order valence-corrected chi connectivity index (χ3v) is 4.66. The highest BCUT2D eigenvalue weighted by Gasteiger charge is 2.46. The summed E-state index contributed by atoms with van der Waals surface area (Å²) in [6, 6.07) is 0. The first-order valence-electron chi connectivity index (χ1n) is 6.55. The van der Waals surface area contributed by atoms with Crippen LogP contribution in [0.25, 0.3) is 0 Å². The predicted molar refractivity (Wildman–Crippen MR) is 77.4 cm³/mol. The van der Waals surface area contributed by atoms with Crippen LogP contribution in [-0.2, 0) is 9.53 Å². The van der Waals surface area contributed by atoms with Crippen LogP contribution in [-0.4, -0.2) is 21.9 Å². The number of halogens is 3. The van der Waals surface area contributed by atoms with Crippen LogP contribution in [0.5, 0.6) is 0 Å². The van der Waals surface area contributed by atoms with E-state index in [9.17, 15) is 13.6 Å². The van der Waals surface area contributed by atoms with Gasteiger partial charge in [0.05, 0.1) is 6.61 Å². The molecule has 0 aliphatic heterocycles. The molecule has 18 heavy (non-hydrogen) atoms. The van der Waals surface area contributed by atoms with Gasteiger partial charge in [0.2, 0.25) is 0 Å². The van der Waals surface area contributed by atoms with Gasteiger partial charge in [-0.3, -0.25) is 0 Å². The largest absolute Gasteiger partial charge is 0.462 e. The van der Waals surface area contributed by atoms with E-state index in [0.717, 1.165) is 19.3 Å². The fraction of sp³-hybridized carbons (Fsp3) is 0.923. The molecule has 108 valence electrons. The van der Waals surface area contributed by atoms with Crippen LogP contribution in [0.15, 0.2) is 0 Å². The number of rotatable bonds is 9. The average Bonchev–Trinajstić information content (AvgIpc) is 2.29. The number of esters is 1. The van der Waals surface area contributed by atoms with Gasteiger partial charge in [-0.25, -0.2) is 4.79 Å². The van der Waals surface area contributed by atoms with Gasteiger partial charge in [0.25, 0.3) is 0 Å². The summed E-state index contributed by atoms with van der Waals surface area (Å²) in [5.74, 6) is -4.77. The lowest BCUT2D eigenvalue weighted by Crippen LogP contribution is -2.38. The van der Waals surface area contributed by atoms with Gasteiger partial charge in [-0.1, -0.05) is 55.7 Å². The zero-order chi connectivity index (χ0) is 14.2. The van der Waals surface area contributed by atoms with Crippen molar-refractivity contribution in [2.75, 3.05) is 6.61 Å². The SMILES string of the molecule is CCCCCC(I)(CC)CC(F)(F)C(=O)OCC. The molecule has 0 saturated heterocycles. The van der Waals surface area contributed by atoms with Crippen molar-refractivity contribution in [3.8, 4) is 0 Å². The van der Waals surface area contributed by atoms with Crippen molar-refractivity contribution in [1.29, 1.82) is 0 Å². The van der Waals surface area contributed by atoms with E-state index in [4.69, 9.17) is 0 Å². The molecule has 1 unspecified atom stereocenters. The lowest BCUT2D eigenvalue weighted by molar-refractivity contribution is -0.173. The first-order valence-corrected chi connectivity index (χ1v) is 7.63. The van der Waals surface area contributed by atoms with Crippen LogP contribution in [0.1, 0.15) is 59.3 Å². The van der Waals surface area contributed by atoms with Crippen LogP contribution in [0.4, 0.5) is 8.78 Å². The fourth-order valence-corrected chi connectivity index (χ4v) is 2.65. The molecule has 1 atom stereocenters. The normalized spacial score (nSPS) is 15.2. The van der Waals surface area contributed by atoms with Crippen LogP contribution in [0.2, 0.25) is 0 Å². The van der Waals surface area contributed by atoms with E-state index >= 15 is 0 Å². The molecule has 0 saturated carbocycles.